The van der Waals surface area contributed by atoms with Gasteiger partial charge in [-0.05, 0) is 36.9 Å². The Hall–Kier alpha value is -3.64. The van der Waals surface area contributed by atoms with Gasteiger partial charge in [-0.25, -0.2) is 5.01 Å². The Labute approximate surface area is 185 Å². The number of para-hydroxylation sites is 1. The third-order valence-electron chi connectivity index (χ3n) is 4.07. The Morgan fingerprint density at radius 1 is 1.13 bits per heavy atom. The second-order valence-corrected chi connectivity index (χ2v) is 7.40. The van der Waals surface area contributed by atoms with E-state index in [1.807, 2.05) is 60.4 Å². The maximum Gasteiger partial charge on any atom is 0.327 e. The fraction of sp³-hybridized carbons (Fsp3) is 0.227. The molecule has 1 aliphatic rings. The van der Waals surface area contributed by atoms with Crippen LogP contribution in [0.2, 0.25) is 0 Å². The van der Waals surface area contributed by atoms with E-state index in [2.05, 4.69) is 21.4 Å². The second kappa shape index (κ2) is 10.9. The van der Waals surface area contributed by atoms with Gasteiger partial charge in [0.05, 0.1) is 12.3 Å². The van der Waals surface area contributed by atoms with Crippen LogP contribution in [0, 0.1) is 11.3 Å². The lowest BCUT2D eigenvalue weighted by atomic mass is 10.3. The number of ether oxygens (including phenoxy) is 1. The van der Waals surface area contributed by atoms with Crippen molar-refractivity contribution in [3.05, 3.63) is 72.2 Å². The van der Waals surface area contributed by atoms with Gasteiger partial charge < -0.3 is 4.74 Å². The van der Waals surface area contributed by atoms with Gasteiger partial charge in [0.15, 0.2) is 11.0 Å². The van der Waals surface area contributed by atoms with Gasteiger partial charge in [-0.3, -0.25) is 9.69 Å². The van der Waals surface area contributed by atoms with Gasteiger partial charge in [-0.15, -0.1) is 15.3 Å². The van der Waals surface area contributed by atoms with Gasteiger partial charge in [-0.1, -0.05) is 55.1 Å². The summed E-state index contributed by atoms with van der Waals surface area (Å²) in [4.78, 5) is 14.0. The van der Waals surface area contributed by atoms with Crippen LogP contribution in [0.4, 0.5) is 11.4 Å². The van der Waals surface area contributed by atoms with Gasteiger partial charge >= 0.3 is 5.97 Å². The molecule has 0 aliphatic carbocycles. The number of carbonyl (C=O) groups is 1. The SMILES string of the molecule is CCOC(=O)CN1N=C(SCC)N(c2ccccc2)/C1=C(/C#N)N=Nc1ccccc1. The van der Waals surface area contributed by atoms with Crippen LogP contribution in [-0.2, 0) is 9.53 Å². The summed E-state index contributed by atoms with van der Waals surface area (Å²) in [6.07, 6.45) is 0. The summed E-state index contributed by atoms with van der Waals surface area (Å²) in [5.74, 6) is 0.671. The number of allylic oxidation sites excluding steroid dienone is 1. The maximum atomic E-state index is 12.2. The van der Waals surface area contributed by atoms with E-state index in [4.69, 9.17) is 4.74 Å². The van der Waals surface area contributed by atoms with Gasteiger partial charge in [0.2, 0.25) is 5.70 Å². The number of amidine groups is 1. The zero-order valence-corrected chi connectivity index (χ0v) is 18.1. The molecule has 0 aromatic heterocycles. The van der Waals surface area contributed by atoms with Crippen LogP contribution in [-0.4, -0.2) is 35.1 Å². The summed E-state index contributed by atoms with van der Waals surface area (Å²) in [5.41, 5.74) is 1.44. The van der Waals surface area contributed by atoms with Crippen LogP contribution in [0.15, 0.2) is 87.5 Å². The maximum absolute atomic E-state index is 12.2. The summed E-state index contributed by atoms with van der Waals surface area (Å²) in [6, 6.07) is 20.8. The summed E-state index contributed by atoms with van der Waals surface area (Å²) >= 11 is 1.50. The predicted molar refractivity (Wildman–Crippen MR) is 121 cm³/mol. The Kier molecular flexibility index (Phi) is 7.79. The number of hydrogen-bond acceptors (Lipinski definition) is 9. The monoisotopic (exact) mass is 434 g/mol. The molecule has 1 aliphatic heterocycles. The fourth-order valence-corrected chi connectivity index (χ4v) is 3.56. The minimum Gasteiger partial charge on any atom is -0.465 e. The lowest BCUT2D eigenvalue weighted by Crippen LogP contribution is -2.32. The van der Waals surface area contributed by atoms with Crippen LogP contribution < -0.4 is 4.90 Å². The fourth-order valence-electron chi connectivity index (χ4n) is 2.82. The molecule has 8 nitrogen and oxygen atoms in total. The number of carbonyl (C=O) groups excluding carboxylic acids is 1. The predicted octanol–water partition coefficient (Wildman–Crippen LogP) is 4.87. The molecule has 158 valence electrons. The summed E-state index contributed by atoms with van der Waals surface area (Å²) in [7, 11) is 0. The highest BCUT2D eigenvalue weighted by molar-refractivity contribution is 8.14. The Morgan fingerprint density at radius 2 is 1.81 bits per heavy atom. The number of rotatable bonds is 7. The number of hydrazone groups is 1. The average molecular weight is 435 g/mol. The van der Waals surface area contributed by atoms with Gasteiger partial charge in [0.25, 0.3) is 0 Å². The van der Waals surface area contributed by atoms with E-state index in [0.717, 1.165) is 11.4 Å². The minimum absolute atomic E-state index is 0.0347. The molecule has 0 spiro atoms. The van der Waals surface area contributed by atoms with E-state index >= 15 is 0 Å². The highest BCUT2D eigenvalue weighted by Crippen LogP contribution is 2.34. The lowest BCUT2D eigenvalue weighted by molar-refractivity contribution is -0.143. The van der Waals surface area contributed by atoms with E-state index in [9.17, 15) is 10.1 Å². The van der Waals surface area contributed by atoms with Crippen molar-refractivity contribution in [1.82, 2.24) is 5.01 Å². The minimum atomic E-state index is -0.447. The van der Waals surface area contributed by atoms with Crippen molar-refractivity contribution in [3.63, 3.8) is 0 Å². The molecule has 9 heteroatoms. The van der Waals surface area contributed by atoms with Crippen molar-refractivity contribution < 1.29 is 9.53 Å². The molecule has 0 fully saturated rings. The van der Waals surface area contributed by atoms with E-state index < -0.39 is 5.97 Å². The molecule has 0 radical (unpaired) electrons. The topological polar surface area (TPSA) is 93.7 Å². The number of benzene rings is 2. The van der Waals surface area contributed by atoms with Crippen molar-refractivity contribution in [2.75, 3.05) is 23.8 Å². The van der Waals surface area contributed by atoms with Crippen molar-refractivity contribution in [3.8, 4) is 6.07 Å². The molecule has 2 aromatic rings. The lowest BCUT2D eigenvalue weighted by Gasteiger charge is -2.24. The molecule has 1 heterocycles. The zero-order valence-electron chi connectivity index (χ0n) is 17.3. The average Bonchev–Trinajstić information content (AvgIpc) is 3.13. The van der Waals surface area contributed by atoms with E-state index in [0.29, 0.717) is 16.7 Å². The number of nitrogens with zero attached hydrogens (tertiary/aromatic N) is 6. The third kappa shape index (κ3) is 5.49. The molecule has 0 unspecified atom stereocenters. The van der Waals surface area contributed by atoms with Gasteiger partial charge in [-0.2, -0.15) is 5.26 Å². The summed E-state index contributed by atoms with van der Waals surface area (Å²) in [5, 5.41) is 25.0. The summed E-state index contributed by atoms with van der Waals surface area (Å²) in [6.45, 7) is 3.86. The first kappa shape index (κ1) is 22.1. The Bertz CT molecular complexity index is 1030. The smallest absolute Gasteiger partial charge is 0.327 e. The van der Waals surface area contributed by atoms with E-state index in [1.54, 1.807) is 19.1 Å². The molecule has 0 saturated carbocycles. The molecular weight excluding hydrogens is 412 g/mol. The number of hydrogen-bond donors (Lipinski definition) is 0. The van der Waals surface area contributed by atoms with Crippen molar-refractivity contribution in [2.45, 2.75) is 13.8 Å². The molecule has 0 N–H and O–H groups in total. The Morgan fingerprint density at radius 3 is 2.42 bits per heavy atom. The molecular formula is C22H22N6O2S. The number of nitriles is 1. The summed E-state index contributed by atoms with van der Waals surface area (Å²) < 4.78 is 5.10. The van der Waals surface area contributed by atoms with Crippen LogP contribution >= 0.6 is 11.8 Å². The Balaban J connectivity index is 2.10. The number of esters is 1. The second-order valence-electron chi connectivity index (χ2n) is 6.17. The molecule has 31 heavy (non-hydrogen) atoms. The van der Waals surface area contributed by atoms with Crippen LogP contribution in [0.25, 0.3) is 0 Å². The molecule has 3 rings (SSSR count). The third-order valence-corrected chi connectivity index (χ3v) is 4.88. The largest absolute Gasteiger partial charge is 0.465 e. The van der Waals surface area contributed by atoms with Crippen LogP contribution in [0.5, 0.6) is 0 Å². The van der Waals surface area contributed by atoms with Crippen LogP contribution in [0.1, 0.15) is 13.8 Å². The number of thioether (sulfide) groups is 1. The molecule has 0 saturated heterocycles. The van der Waals surface area contributed by atoms with Crippen molar-refractivity contribution in [2.24, 2.45) is 15.3 Å². The van der Waals surface area contributed by atoms with Crippen LogP contribution in [0.3, 0.4) is 0 Å². The van der Waals surface area contributed by atoms with Crippen molar-refractivity contribution in [1.29, 1.82) is 5.26 Å². The normalized spacial score (nSPS) is 15.1. The highest BCUT2D eigenvalue weighted by atomic mass is 32.2. The van der Waals surface area contributed by atoms with Crippen molar-refractivity contribution >= 4 is 34.3 Å². The molecule has 2 aromatic carbocycles. The van der Waals surface area contributed by atoms with E-state index in [1.165, 1.54) is 16.8 Å². The van der Waals surface area contributed by atoms with Gasteiger partial charge in [0, 0.05) is 5.69 Å². The standard InChI is InChI=1S/C22H22N6O2S/c1-3-30-20(29)16-27-21(19(15-23)25-24-17-11-7-5-8-12-17)28(22(26-27)31-4-2)18-13-9-6-10-14-18/h5-14H,3-4,16H2,1-2H3/b21-19-,25-24?. The zero-order chi connectivity index (χ0) is 22.1. The first-order chi connectivity index (χ1) is 15.2. The molecule has 0 amide bonds. The van der Waals surface area contributed by atoms with Gasteiger partial charge in [0.1, 0.15) is 12.6 Å². The molecule has 0 bridgehead atoms. The first-order valence-electron chi connectivity index (χ1n) is 9.78. The molecule has 0 atom stereocenters. The first-order valence-corrected chi connectivity index (χ1v) is 10.8. The number of anilines is 1. The highest BCUT2D eigenvalue weighted by Gasteiger charge is 2.35. The quantitative estimate of drug-likeness (QED) is 0.350. The van der Waals surface area contributed by atoms with E-state index in [-0.39, 0.29) is 18.8 Å². The number of azo groups is 1.